The largest absolute Gasteiger partial charge is 0.464 e. The molecule has 0 aromatic carbocycles. The summed E-state index contributed by atoms with van der Waals surface area (Å²) in [6, 6.07) is 0. The van der Waals surface area contributed by atoms with Gasteiger partial charge in [-0.3, -0.25) is 38.6 Å². The normalized spacial score (nSPS) is 31.3. The number of ether oxygens (including phenoxy) is 2. The van der Waals surface area contributed by atoms with E-state index in [1.165, 1.54) is 0 Å². The fourth-order valence-corrected chi connectivity index (χ4v) is 6.56. The number of amides is 4. The Hall–Kier alpha value is -3.30. The topological polar surface area (TPSA) is 127 Å². The van der Waals surface area contributed by atoms with Gasteiger partial charge in [0.2, 0.25) is 0 Å². The summed E-state index contributed by atoms with van der Waals surface area (Å²) in [5.41, 5.74) is 0. The average molecular weight is 487 g/mol. The molecule has 2 heterocycles. The third-order valence-electron chi connectivity index (χ3n) is 8.02. The number of carbonyl (C=O) groups excluding carboxylic acids is 6. The third-order valence-corrected chi connectivity index (χ3v) is 8.02. The van der Waals surface area contributed by atoms with Crippen molar-refractivity contribution in [3.05, 3.63) is 24.3 Å². The quantitative estimate of drug-likeness (QED) is 0.329. The van der Waals surface area contributed by atoms with Crippen molar-refractivity contribution in [1.29, 1.82) is 0 Å². The molecule has 2 aliphatic heterocycles. The van der Waals surface area contributed by atoms with Crippen LogP contribution in [-0.4, -0.2) is 71.7 Å². The molecule has 4 amide bonds. The molecule has 4 aliphatic rings. The van der Waals surface area contributed by atoms with Gasteiger partial charge in [-0.05, 0) is 48.3 Å². The maximum atomic E-state index is 12.2. The van der Waals surface area contributed by atoms with E-state index in [4.69, 9.17) is 9.47 Å². The zero-order valence-electron chi connectivity index (χ0n) is 19.9. The number of esters is 2. The Bertz CT molecular complexity index is 965. The van der Waals surface area contributed by atoms with E-state index < -0.39 is 35.6 Å². The summed E-state index contributed by atoms with van der Waals surface area (Å²) in [6.07, 6.45) is 7.11. The molecular formula is C25H30N2O8. The first-order chi connectivity index (χ1) is 16.7. The van der Waals surface area contributed by atoms with Crippen molar-refractivity contribution in [3.63, 3.8) is 0 Å². The van der Waals surface area contributed by atoms with Gasteiger partial charge in [0.05, 0.1) is 13.2 Å². The van der Waals surface area contributed by atoms with Crippen LogP contribution in [0.5, 0.6) is 0 Å². The first-order valence-corrected chi connectivity index (χ1v) is 12.1. The number of imide groups is 2. The van der Waals surface area contributed by atoms with Gasteiger partial charge in [0, 0.05) is 24.3 Å². The molecule has 2 aliphatic carbocycles. The molecule has 2 fully saturated rings. The van der Waals surface area contributed by atoms with Crippen molar-refractivity contribution < 1.29 is 38.2 Å². The molecule has 0 aromatic heterocycles. The molecule has 6 atom stereocenters. The fourth-order valence-electron chi connectivity index (χ4n) is 6.56. The Morgan fingerprint density at radius 3 is 1.89 bits per heavy atom. The van der Waals surface area contributed by atoms with Crippen LogP contribution in [0.2, 0.25) is 0 Å². The van der Waals surface area contributed by atoms with Crippen LogP contribution in [-0.2, 0) is 38.2 Å². The van der Waals surface area contributed by atoms with Crippen molar-refractivity contribution in [2.45, 2.75) is 33.1 Å². The highest BCUT2D eigenvalue weighted by molar-refractivity contribution is 6.14. The summed E-state index contributed by atoms with van der Waals surface area (Å²) < 4.78 is 10.8. The van der Waals surface area contributed by atoms with Crippen LogP contribution in [0.25, 0.3) is 0 Å². The first kappa shape index (κ1) is 24.8. The van der Waals surface area contributed by atoms with E-state index in [9.17, 15) is 28.8 Å². The molecule has 2 bridgehead atoms. The molecule has 188 valence electrons. The summed E-state index contributed by atoms with van der Waals surface area (Å²) in [6.45, 7) is 4.08. The van der Waals surface area contributed by atoms with Crippen LogP contribution in [0.4, 0.5) is 0 Å². The predicted octanol–water partition coefficient (Wildman–Crippen LogP) is 0.857. The summed E-state index contributed by atoms with van der Waals surface area (Å²) >= 11 is 0. The van der Waals surface area contributed by atoms with Gasteiger partial charge < -0.3 is 9.47 Å². The van der Waals surface area contributed by atoms with E-state index in [1.807, 2.05) is 0 Å². The summed E-state index contributed by atoms with van der Waals surface area (Å²) in [4.78, 5) is 72.5. The molecule has 2 saturated carbocycles. The molecular weight excluding hydrogens is 456 g/mol. The van der Waals surface area contributed by atoms with Gasteiger partial charge in [0.1, 0.15) is 13.1 Å². The monoisotopic (exact) mass is 486 g/mol. The minimum Gasteiger partial charge on any atom is -0.464 e. The van der Waals surface area contributed by atoms with Crippen molar-refractivity contribution in [1.82, 2.24) is 9.80 Å². The Morgan fingerprint density at radius 1 is 0.857 bits per heavy atom. The molecule has 35 heavy (non-hydrogen) atoms. The molecule has 4 rings (SSSR count). The van der Waals surface area contributed by atoms with E-state index >= 15 is 0 Å². The SMILES string of the molecule is CCC1C(CCOC(=O)CN2C(=O)C=CC2=O)C2CC(COC(=O)CN3C(=O)C=CC3=O)C1[C@@H]2C. The van der Waals surface area contributed by atoms with Crippen LogP contribution < -0.4 is 0 Å². The van der Waals surface area contributed by atoms with Crippen LogP contribution in [0.15, 0.2) is 24.3 Å². The second-order valence-electron chi connectivity index (χ2n) is 9.72. The summed E-state index contributed by atoms with van der Waals surface area (Å²) in [5, 5.41) is 0. The van der Waals surface area contributed by atoms with Gasteiger partial charge in [0.25, 0.3) is 23.6 Å². The van der Waals surface area contributed by atoms with Crippen molar-refractivity contribution in [2.75, 3.05) is 26.3 Å². The number of nitrogens with zero attached hydrogens (tertiary/aromatic N) is 2. The zero-order chi connectivity index (χ0) is 25.3. The predicted molar refractivity (Wildman–Crippen MR) is 120 cm³/mol. The van der Waals surface area contributed by atoms with Crippen LogP contribution >= 0.6 is 0 Å². The van der Waals surface area contributed by atoms with Gasteiger partial charge in [0.15, 0.2) is 0 Å². The maximum Gasteiger partial charge on any atom is 0.326 e. The molecule has 5 unspecified atom stereocenters. The lowest BCUT2D eigenvalue weighted by molar-refractivity contribution is -0.153. The van der Waals surface area contributed by atoms with Gasteiger partial charge >= 0.3 is 11.9 Å². The smallest absolute Gasteiger partial charge is 0.326 e. The third kappa shape index (κ3) is 4.92. The maximum absolute atomic E-state index is 12.2. The molecule has 0 radical (unpaired) electrons. The molecule has 0 aromatic rings. The van der Waals surface area contributed by atoms with E-state index in [-0.39, 0.29) is 32.2 Å². The molecule has 0 N–H and O–H groups in total. The second-order valence-corrected chi connectivity index (χ2v) is 9.72. The van der Waals surface area contributed by atoms with Crippen LogP contribution in [0.3, 0.4) is 0 Å². The lowest BCUT2D eigenvalue weighted by Crippen LogP contribution is -2.37. The number of rotatable bonds is 10. The Balaban J connectivity index is 1.23. The number of fused-ring (bicyclic) bond motifs is 2. The Labute approximate surface area is 203 Å². The van der Waals surface area contributed by atoms with E-state index in [0.717, 1.165) is 46.9 Å². The number of hydrogen-bond acceptors (Lipinski definition) is 8. The second kappa shape index (κ2) is 10.1. The lowest BCUT2D eigenvalue weighted by atomic mass is 9.72. The van der Waals surface area contributed by atoms with E-state index in [2.05, 4.69) is 13.8 Å². The number of carbonyl (C=O) groups is 6. The fraction of sp³-hybridized carbons (Fsp3) is 0.600. The zero-order valence-corrected chi connectivity index (χ0v) is 19.9. The van der Waals surface area contributed by atoms with E-state index in [0.29, 0.717) is 36.0 Å². The summed E-state index contributed by atoms with van der Waals surface area (Å²) in [5.74, 6) is -0.996. The van der Waals surface area contributed by atoms with Gasteiger partial charge in [-0.2, -0.15) is 0 Å². The molecule has 10 nitrogen and oxygen atoms in total. The first-order valence-electron chi connectivity index (χ1n) is 12.1. The highest BCUT2D eigenvalue weighted by Crippen LogP contribution is 2.60. The average Bonchev–Trinajstić information content (AvgIpc) is 3.50. The molecule has 0 spiro atoms. The van der Waals surface area contributed by atoms with Gasteiger partial charge in [-0.15, -0.1) is 0 Å². The van der Waals surface area contributed by atoms with Crippen LogP contribution in [0.1, 0.15) is 33.1 Å². The van der Waals surface area contributed by atoms with Crippen LogP contribution in [0, 0.1) is 35.5 Å². The highest BCUT2D eigenvalue weighted by Gasteiger charge is 2.56. The minimum atomic E-state index is -0.602. The van der Waals surface area contributed by atoms with Crippen molar-refractivity contribution in [2.24, 2.45) is 35.5 Å². The molecule has 10 heteroatoms. The standard InChI is InChI=1S/C25H30N2O8/c1-3-16-17(8-9-34-23(32)11-26-19(28)4-5-20(26)29)18-10-15(25(16)14(18)2)13-35-24(33)12-27-21(30)6-7-22(27)31/h4-7,14-18,25H,3,8-13H2,1-2H3/t14-,15?,16?,17?,18?,25?/m1/s1. The highest BCUT2D eigenvalue weighted by atomic mass is 16.5. The molecule has 0 saturated heterocycles. The minimum absolute atomic E-state index is 0.213. The van der Waals surface area contributed by atoms with Gasteiger partial charge in [-0.1, -0.05) is 20.3 Å². The van der Waals surface area contributed by atoms with Crippen molar-refractivity contribution in [3.8, 4) is 0 Å². The summed E-state index contributed by atoms with van der Waals surface area (Å²) in [7, 11) is 0. The van der Waals surface area contributed by atoms with E-state index in [1.54, 1.807) is 0 Å². The number of hydrogen-bond donors (Lipinski definition) is 0. The Morgan fingerprint density at radius 2 is 1.37 bits per heavy atom. The Kier molecular flexibility index (Phi) is 7.18. The van der Waals surface area contributed by atoms with Gasteiger partial charge in [-0.25, -0.2) is 0 Å². The lowest BCUT2D eigenvalue weighted by Gasteiger charge is -2.35. The van der Waals surface area contributed by atoms with Crippen molar-refractivity contribution >= 4 is 35.6 Å².